The number of nitro benzene ring substituents is 1. The molecule has 1 aromatic carbocycles. The fraction of sp³-hybridized carbons (Fsp3) is 0.462. The summed E-state index contributed by atoms with van der Waals surface area (Å²) >= 11 is 0. The zero-order valence-electron chi connectivity index (χ0n) is 11.1. The number of nitrogens with one attached hydrogen (secondary N) is 1. The first-order chi connectivity index (χ1) is 8.32. The molecule has 0 bridgehead atoms. The summed E-state index contributed by atoms with van der Waals surface area (Å²) in [5.74, 6) is 0.214. The van der Waals surface area contributed by atoms with Crippen molar-refractivity contribution in [3.63, 3.8) is 0 Å². The highest BCUT2D eigenvalue weighted by Gasteiger charge is 2.15. The molecule has 1 N–H and O–H groups in total. The Morgan fingerprint density at radius 1 is 1.33 bits per heavy atom. The maximum atomic E-state index is 11.7. The summed E-state index contributed by atoms with van der Waals surface area (Å²) in [6, 6.07) is 3.01. The van der Waals surface area contributed by atoms with E-state index in [1.165, 1.54) is 6.07 Å². The van der Waals surface area contributed by atoms with Gasteiger partial charge in [0, 0.05) is 23.7 Å². The van der Waals surface area contributed by atoms with Gasteiger partial charge in [0.05, 0.1) is 4.92 Å². The normalized spacial score (nSPS) is 10.5. The molecule has 0 fully saturated rings. The van der Waals surface area contributed by atoms with Crippen molar-refractivity contribution < 1.29 is 9.72 Å². The van der Waals surface area contributed by atoms with Crippen LogP contribution in [0.4, 0.5) is 11.4 Å². The van der Waals surface area contributed by atoms with E-state index in [1.807, 2.05) is 13.8 Å². The van der Waals surface area contributed by atoms with Crippen molar-refractivity contribution in [2.75, 3.05) is 5.32 Å². The van der Waals surface area contributed by atoms with Crippen LogP contribution >= 0.6 is 0 Å². The largest absolute Gasteiger partial charge is 0.326 e. The molecule has 0 heterocycles. The van der Waals surface area contributed by atoms with Gasteiger partial charge in [-0.3, -0.25) is 14.9 Å². The van der Waals surface area contributed by atoms with Crippen molar-refractivity contribution in [1.29, 1.82) is 0 Å². The molecule has 18 heavy (non-hydrogen) atoms. The maximum absolute atomic E-state index is 11.7. The number of rotatable bonds is 4. The highest BCUT2D eigenvalue weighted by atomic mass is 16.6. The van der Waals surface area contributed by atoms with Gasteiger partial charge < -0.3 is 5.32 Å². The monoisotopic (exact) mass is 250 g/mol. The Kier molecular flexibility index (Phi) is 4.42. The van der Waals surface area contributed by atoms with Crippen molar-refractivity contribution >= 4 is 17.3 Å². The molecule has 0 saturated carbocycles. The highest BCUT2D eigenvalue weighted by Crippen LogP contribution is 2.27. The summed E-state index contributed by atoms with van der Waals surface area (Å²) in [4.78, 5) is 22.0. The van der Waals surface area contributed by atoms with Crippen LogP contribution in [0.2, 0.25) is 0 Å². The third kappa shape index (κ3) is 3.29. The standard InChI is InChI=1S/C13H18N2O3/c1-8(2)7-13(16)14-11-5-6-12(15(17)18)10(4)9(11)3/h5-6,8H,7H2,1-4H3,(H,14,16). The third-order valence-corrected chi connectivity index (χ3v) is 2.82. The summed E-state index contributed by atoms with van der Waals surface area (Å²) < 4.78 is 0. The minimum Gasteiger partial charge on any atom is -0.326 e. The van der Waals surface area contributed by atoms with Gasteiger partial charge in [-0.25, -0.2) is 0 Å². The number of nitro groups is 1. The Morgan fingerprint density at radius 3 is 2.44 bits per heavy atom. The van der Waals surface area contributed by atoms with Gasteiger partial charge in [0.2, 0.25) is 5.91 Å². The summed E-state index contributed by atoms with van der Waals surface area (Å²) in [5, 5.41) is 13.6. The van der Waals surface area contributed by atoms with Gasteiger partial charge in [-0.05, 0) is 31.4 Å². The zero-order chi connectivity index (χ0) is 13.9. The first-order valence-electron chi connectivity index (χ1n) is 5.87. The lowest BCUT2D eigenvalue weighted by Crippen LogP contribution is -2.15. The Hall–Kier alpha value is -1.91. The lowest BCUT2D eigenvalue weighted by Gasteiger charge is -2.11. The minimum absolute atomic E-state index is 0.0682. The number of anilines is 1. The van der Waals surface area contributed by atoms with E-state index in [4.69, 9.17) is 0 Å². The Morgan fingerprint density at radius 2 is 1.94 bits per heavy atom. The fourth-order valence-electron chi connectivity index (χ4n) is 1.71. The predicted octanol–water partition coefficient (Wildman–Crippen LogP) is 3.20. The van der Waals surface area contributed by atoms with E-state index in [0.717, 1.165) is 5.56 Å². The van der Waals surface area contributed by atoms with Gasteiger partial charge in [-0.15, -0.1) is 0 Å². The molecule has 0 saturated heterocycles. The van der Waals surface area contributed by atoms with Gasteiger partial charge in [-0.1, -0.05) is 13.8 Å². The molecule has 0 aliphatic heterocycles. The lowest BCUT2D eigenvalue weighted by atomic mass is 10.1. The molecule has 1 aromatic rings. The number of carbonyl (C=O) groups excluding carboxylic acids is 1. The molecular weight excluding hydrogens is 232 g/mol. The van der Waals surface area contributed by atoms with Crippen LogP contribution in [0, 0.1) is 29.9 Å². The van der Waals surface area contributed by atoms with Crippen LogP contribution in [0.5, 0.6) is 0 Å². The van der Waals surface area contributed by atoms with E-state index in [9.17, 15) is 14.9 Å². The van der Waals surface area contributed by atoms with Crippen molar-refractivity contribution in [3.8, 4) is 0 Å². The van der Waals surface area contributed by atoms with Gasteiger partial charge >= 0.3 is 0 Å². The summed E-state index contributed by atoms with van der Waals surface area (Å²) in [5.41, 5.74) is 2.04. The molecule has 1 amide bonds. The summed E-state index contributed by atoms with van der Waals surface area (Å²) in [6.07, 6.45) is 0.440. The SMILES string of the molecule is Cc1c(NC(=O)CC(C)C)ccc([N+](=O)[O-])c1C. The van der Waals surface area contributed by atoms with Gasteiger partial charge in [0.1, 0.15) is 0 Å². The molecule has 0 aromatic heterocycles. The van der Waals surface area contributed by atoms with Crippen LogP contribution in [-0.4, -0.2) is 10.8 Å². The summed E-state index contributed by atoms with van der Waals surface area (Å²) in [6.45, 7) is 7.39. The van der Waals surface area contributed by atoms with Crippen molar-refractivity contribution in [2.45, 2.75) is 34.1 Å². The van der Waals surface area contributed by atoms with Crippen LogP contribution in [0.3, 0.4) is 0 Å². The van der Waals surface area contributed by atoms with Crippen LogP contribution in [0.15, 0.2) is 12.1 Å². The van der Waals surface area contributed by atoms with E-state index < -0.39 is 4.92 Å². The second kappa shape index (κ2) is 5.62. The zero-order valence-corrected chi connectivity index (χ0v) is 11.1. The molecule has 0 radical (unpaired) electrons. The third-order valence-electron chi connectivity index (χ3n) is 2.82. The number of nitrogens with zero attached hydrogens (tertiary/aromatic N) is 1. The van der Waals surface area contributed by atoms with E-state index in [-0.39, 0.29) is 17.5 Å². The molecule has 5 heteroatoms. The Labute approximate surface area is 106 Å². The van der Waals surface area contributed by atoms with Gasteiger partial charge in [-0.2, -0.15) is 0 Å². The number of amides is 1. The van der Waals surface area contributed by atoms with Crippen LogP contribution in [0.25, 0.3) is 0 Å². The highest BCUT2D eigenvalue weighted by molar-refractivity contribution is 5.92. The second-order valence-electron chi connectivity index (χ2n) is 4.79. The van der Waals surface area contributed by atoms with Gasteiger partial charge in [0.25, 0.3) is 5.69 Å². The minimum atomic E-state index is -0.415. The van der Waals surface area contributed by atoms with E-state index in [2.05, 4.69) is 5.32 Å². The van der Waals surface area contributed by atoms with Crippen molar-refractivity contribution in [3.05, 3.63) is 33.4 Å². The van der Waals surface area contributed by atoms with E-state index in [1.54, 1.807) is 19.9 Å². The molecule has 0 spiro atoms. The van der Waals surface area contributed by atoms with Crippen molar-refractivity contribution in [1.82, 2.24) is 0 Å². The number of carbonyl (C=O) groups is 1. The van der Waals surface area contributed by atoms with Crippen LogP contribution < -0.4 is 5.32 Å². The fourth-order valence-corrected chi connectivity index (χ4v) is 1.71. The predicted molar refractivity (Wildman–Crippen MR) is 70.7 cm³/mol. The molecule has 1 rings (SSSR count). The summed E-state index contributed by atoms with van der Waals surface area (Å²) in [7, 11) is 0. The first-order valence-corrected chi connectivity index (χ1v) is 5.87. The first kappa shape index (κ1) is 14.2. The number of hydrogen-bond donors (Lipinski definition) is 1. The maximum Gasteiger partial charge on any atom is 0.272 e. The molecule has 98 valence electrons. The van der Waals surface area contributed by atoms with Gasteiger partial charge in [0.15, 0.2) is 0 Å². The Balaban J connectivity index is 2.96. The molecule has 0 aliphatic rings. The lowest BCUT2D eigenvalue weighted by molar-refractivity contribution is -0.385. The van der Waals surface area contributed by atoms with Crippen LogP contribution in [-0.2, 0) is 4.79 Å². The Bertz CT molecular complexity index is 481. The van der Waals surface area contributed by atoms with E-state index in [0.29, 0.717) is 17.7 Å². The number of benzene rings is 1. The quantitative estimate of drug-likeness (QED) is 0.658. The molecule has 5 nitrogen and oxygen atoms in total. The average molecular weight is 250 g/mol. The molecule has 0 aliphatic carbocycles. The smallest absolute Gasteiger partial charge is 0.272 e. The topological polar surface area (TPSA) is 72.2 Å². The molecule has 0 atom stereocenters. The molecule has 0 unspecified atom stereocenters. The van der Waals surface area contributed by atoms with Crippen LogP contribution in [0.1, 0.15) is 31.4 Å². The van der Waals surface area contributed by atoms with Crippen molar-refractivity contribution in [2.24, 2.45) is 5.92 Å². The second-order valence-corrected chi connectivity index (χ2v) is 4.79. The number of hydrogen-bond acceptors (Lipinski definition) is 3. The average Bonchev–Trinajstić information content (AvgIpc) is 2.23. The van der Waals surface area contributed by atoms with E-state index >= 15 is 0 Å². The molecular formula is C13H18N2O3.